The molecule has 1 fully saturated rings. The van der Waals surface area contributed by atoms with Crippen molar-refractivity contribution in [2.75, 3.05) is 19.5 Å². The third-order valence-electron chi connectivity index (χ3n) is 2.92. The largest absolute Gasteiger partial charge is 0.493 e. The van der Waals surface area contributed by atoms with Gasteiger partial charge in [-0.15, -0.1) is 11.8 Å². The minimum absolute atomic E-state index is 0.0776. The number of ether oxygens (including phenoxy) is 2. The Morgan fingerprint density at radius 3 is 3.00 bits per heavy atom. The van der Waals surface area contributed by atoms with Crippen LogP contribution in [-0.4, -0.2) is 36.6 Å². The van der Waals surface area contributed by atoms with Crippen molar-refractivity contribution in [1.29, 1.82) is 5.26 Å². The van der Waals surface area contributed by atoms with Crippen LogP contribution in [0.15, 0.2) is 16.6 Å². The van der Waals surface area contributed by atoms with Crippen molar-refractivity contribution in [3.8, 4) is 17.6 Å². The minimum Gasteiger partial charge on any atom is -0.493 e. The van der Waals surface area contributed by atoms with Gasteiger partial charge < -0.3 is 14.6 Å². The van der Waals surface area contributed by atoms with E-state index < -0.39 is 12.0 Å². The summed E-state index contributed by atoms with van der Waals surface area (Å²) < 4.78 is 11.3. The van der Waals surface area contributed by atoms with Crippen LogP contribution in [0.3, 0.4) is 0 Å². The number of aliphatic carboxylic acids is 1. The normalized spacial score (nSPS) is 20.8. The Hall–Kier alpha value is -1.43. The summed E-state index contributed by atoms with van der Waals surface area (Å²) in [7, 11) is 1.51. The lowest BCUT2D eigenvalue weighted by molar-refractivity contribution is -0.138. The van der Waals surface area contributed by atoms with Crippen LogP contribution in [0.4, 0.5) is 0 Å². The Morgan fingerprint density at radius 1 is 1.67 bits per heavy atom. The van der Waals surface area contributed by atoms with Gasteiger partial charge in [0.1, 0.15) is 12.1 Å². The first-order valence-corrected chi connectivity index (χ1v) is 7.88. The number of rotatable bonds is 5. The van der Waals surface area contributed by atoms with Gasteiger partial charge in [0.2, 0.25) is 0 Å². The van der Waals surface area contributed by atoms with Gasteiger partial charge in [-0.3, -0.25) is 10.1 Å². The predicted molar refractivity (Wildman–Crippen MR) is 81.6 cm³/mol. The number of carbonyl (C=O) groups is 1. The molecule has 112 valence electrons. The van der Waals surface area contributed by atoms with Crippen LogP contribution >= 0.6 is 27.7 Å². The van der Waals surface area contributed by atoms with Crippen molar-refractivity contribution in [1.82, 2.24) is 5.32 Å². The van der Waals surface area contributed by atoms with Gasteiger partial charge in [-0.2, -0.15) is 5.26 Å². The molecule has 0 spiro atoms. The van der Waals surface area contributed by atoms with Gasteiger partial charge in [0, 0.05) is 5.75 Å². The topological polar surface area (TPSA) is 91.6 Å². The molecule has 0 aliphatic carbocycles. The number of hydrogen-bond donors (Lipinski definition) is 2. The first-order valence-electron chi connectivity index (χ1n) is 6.04. The summed E-state index contributed by atoms with van der Waals surface area (Å²) in [5.41, 5.74) is 0.886. The highest BCUT2D eigenvalue weighted by atomic mass is 79.9. The molecule has 0 bridgehead atoms. The average molecular weight is 373 g/mol. The third-order valence-corrected chi connectivity index (χ3v) is 4.77. The number of nitrogens with one attached hydrogen (secondary N) is 1. The molecule has 6 nitrogen and oxygen atoms in total. The molecule has 0 radical (unpaired) electrons. The van der Waals surface area contributed by atoms with Crippen molar-refractivity contribution in [3.05, 3.63) is 22.2 Å². The molecule has 0 aromatic heterocycles. The number of carboxylic acid groups (broad SMARTS) is 1. The number of benzene rings is 1. The summed E-state index contributed by atoms with van der Waals surface area (Å²) in [6.07, 6.45) is 0. The molecule has 21 heavy (non-hydrogen) atoms. The standard InChI is InChI=1S/C13H13BrN2O4S/c1-19-10-5-7(4-8(14)11(10)20-3-2-15)12-16-9(6-21-12)13(17)18/h4-5,9,12,16H,3,6H2,1H3,(H,17,18). The maximum absolute atomic E-state index is 11.0. The lowest BCUT2D eigenvalue weighted by atomic mass is 10.2. The van der Waals surface area contributed by atoms with Gasteiger partial charge in [0.05, 0.1) is 17.0 Å². The zero-order valence-electron chi connectivity index (χ0n) is 11.1. The van der Waals surface area contributed by atoms with E-state index >= 15 is 0 Å². The van der Waals surface area contributed by atoms with Crippen LogP contribution in [0.5, 0.6) is 11.5 Å². The summed E-state index contributed by atoms with van der Waals surface area (Å²) in [5.74, 6) is 0.605. The lowest BCUT2D eigenvalue weighted by Gasteiger charge is -2.16. The molecule has 0 amide bonds. The summed E-state index contributed by atoms with van der Waals surface area (Å²) >= 11 is 4.91. The van der Waals surface area contributed by atoms with E-state index in [0.29, 0.717) is 21.7 Å². The fraction of sp³-hybridized carbons (Fsp3) is 0.385. The van der Waals surface area contributed by atoms with Crippen LogP contribution in [0.2, 0.25) is 0 Å². The van der Waals surface area contributed by atoms with Crippen LogP contribution < -0.4 is 14.8 Å². The Labute approximate surface area is 134 Å². The fourth-order valence-corrected chi connectivity index (χ4v) is 3.73. The Kier molecular flexibility index (Phi) is 5.33. The van der Waals surface area contributed by atoms with E-state index in [-0.39, 0.29) is 12.0 Å². The minimum atomic E-state index is -0.856. The molecule has 8 heteroatoms. The van der Waals surface area contributed by atoms with E-state index in [1.807, 2.05) is 12.1 Å². The highest BCUT2D eigenvalue weighted by Gasteiger charge is 2.31. The van der Waals surface area contributed by atoms with E-state index in [4.69, 9.17) is 19.8 Å². The molecule has 1 aromatic rings. The summed E-state index contributed by atoms with van der Waals surface area (Å²) in [4.78, 5) is 11.0. The molecular formula is C13H13BrN2O4S. The van der Waals surface area contributed by atoms with Gasteiger partial charge in [0.25, 0.3) is 0 Å². The summed E-state index contributed by atoms with van der Waals surface area (Å²) in [5, 5.41) is 20.5. The van der Waals surface area contributed by atoms with Crippen molar-refractivity contribution in [2.24, 2.45) is 0 Å². The molecule has 2 unspecified atom stereocenters. The van der Waals surface area contributed by atoms with Crippen LogP contribution in [-0.2, 0) is 4.79 Å². The highest BCUT2D eigenvalue weighted by Crippen LogP contribution is 2.41. The molecule has 2 atom stereocenters. The van der Waals surface area contributed by atoms with E-state index in [1.54, 1.807) is 6.07 Å². The number of nitriles is 1. The van der Waals surface area contributed by atoms with E-state index in [0.717, 1.165) is 5.56 Å². The zero-order valence-corrected chi connectivity index (χ0v) is 13.5. The van der Waals surface area contributed by atoms with Crippen molar-refractivity contribution in [3.63, 3.8) is 0 Å². The second-order valence-electron chi connectivity index (χ2n) is 4.25. The number of methoxy groups -OCH3 is 1. The summed E-state index contributed by atoms with van der Waals surface area (Å²) in [6.45, 7) is -0.0776. The maximum Gasteiger partial charge on any atom is 0.321 e. The van der Waals surface area contributed by atoms with Crippen LogP contribution in [0, 0.1) is 11.3 Å². The fourth-order valence-electron chi connectivity index (χ4n) is 1.94. The smallest absolute Gasteiger partial charge is 0.321 e. The average Bonchev–Trinajstić information content (AvgIpc) is 2.95. The van der Waals surface area contributed by atoms with E-state index in [2.05, 4.69) is 21.2 Å². The molecule has 1 aromatic carbocycles. The third kappa shape index (κ3) is 3.61. The van der Waals surface area contributed by atoms with Gasteiger partial charge in [-0.1, -0.05) is 0 Å². The molecule has 0 saturated carbocycles. The molecule has 2 N–H and O–H groups in total. The van der Waals surface area contributed by atoms with Crippen molar-refractivity contribution < 1.29 is 19.4 Å². The van der Waals surface area contributed by atoms with Gasteiger partial charge in [0.15, 0.2) is 18.1 Å². The first-order chi connectivity index (χ1) is 10.1. The SMILES string of the molecule is COc1cc(C2NC(C(=O)O)CS2)cc(Br)c1OCC#N. The van der Waals surface area contributed by atoms with Crippen LogP contribution in [0.1, 0.15) is 10.9 Å². The van der Waals surface area contributed by atoms with Crippen molar-refractivity contribution in [2.45, 2.75) is 11.4 Å². The molecular weight excluding hydrogens is 360 g/mol. The second-order valence-corrected chi connectivity index (χ2v) is 6.24. The number of thioether (sulfide) groups is 1. The second kappa shape index (κ2) is 7.02. The number of hydrogen-bond acceptors (Lipinski definition) is 6. The van der Waals surface area contributed by atoms with Gasteiger partial charge in [-0.05, 0) is 33.6 Å². The van der Waals surface area contributed by atoms with Crippen LogP contribution in [0.25, 0.3) is 0 Å². The molecule has 1 saturated heterocycles. The number of halogens is 1. The van der Waals surface area contributed by atoms with Crippen molar-refractivity contribution >= 4 is 33.7 Å². The lowest BCUT2D eigenvalue weighted by Crippen LogP contribution is -2.33. The molecule has 2 rings (SSSR count). The Bertz CT molecular complexity index is 590. The monoisotopic (exact) mass is 372 g/mol. The summed E-state index contributed by atoms with van der Waals surface area (Å²) in [6, 6.07) is 4.97. The Balaban J connectivity index is 2.24. The van der Waals surface area contributed by atoms with Gasteiger partial charge >= 0.3 is 5.97 Å². The number of nitrogens with zero attached hydrogens (tertiary/aromatic N) is 1. The Morgan fingerprint density at radius 2 is 2.43 bits per heavy atom. The van der Waals surface area contributed by atoms with Gasteiger partial charge in [-0.25, -0.2) is 0 Å². The highest BCUT2D eigenvalue weighted by molar-refractivity contribution is 9.10. The molecule has 1 heterocycles. The maximum atomic E-state index is 11.0. The zero-order chi connectivity index (χ0) is 15.4. The van der Waals surface area contributed by atoms with E-state index in [1.165, 1.54) is 18.9 Å². The number of carboxylic acids is 1. The molecule has 1 aliphatic rings. The quantitative estimate of drug-likeness (QED) is 0.817. The van der Waals surface area contributed by atoms with E-state index in [9.17, 15) is 4.79 Å². The predicted octanol–water partition coefficient (Wildman–Crippen LogP) is 2.15. The molecule has 1 aliphatic heterocycles. The first kappa shape index (κ1) is 15.9.